The lowest BCUT2D eigenvalue weighted by molar-refractivity contribution is 0.181. The van der Waals surface area contributed by atoms with Gasteiger partial charge in [-0.15, -0.1) is 0 Å². The number of aliphatic hydroxyl groups excluding tert-OH is 1. The maximum absolute atomic E-state index is 13.4. The lowest BCUT2D eigenvalue weighted by Crippen LogP contribution is -2.32. The molecular weight excluding hydrogens is 275 g/mol. The summed E-state index contributed by atoms with van der Waals surface area (Å²) in [4.78, 5) is 0. The van der Waals surface area contributed by atoms with Crippen LogP contribution in [0.3, 0.4) is 0 Å². The van der Waals surface area contributed by atoms with Crippen LogP contribution in [-0.2, 0) is 0 Å². The van der Waals surface area contributed by atoms with Gasteiger partial charge in [0, 0.05) is 6.54 Å². The molecule has 2 aromatic carbocycles. The normalized spacial score (nSPS) is 11.7. The number of anilines is 1. The van der Waals surface area contributed by atoms with Crippen molar-refractivity contribution in [2.24, 2.45) is 0 Å². The molecule has 2 aromatic rings. The average Bonchev–Trinajstić information content (AvgIpc) is 2.48. The third-order valence-corrected chi connectivity index (χ3v) is 3.01. The van der Waals surface area contributed by atoms with Gasteiger partial charge in [-0.25, -0.2) is 4.39 Å². The van der Waals surface area contributed by atoms with Crippen LogP contribution in [0.1, 0.15) is 11.7 Å². The molecule has 0 amide bonds. The standard InChI is InChI=1S/C15H15FN2OS/c16-12-8-4-5-9-13(12)18-15(20)17-10-14(19)11-6-2-1-3-7-11/h1-9,14,19H,10H2,(H2,17,18,20)/t14-/m0/s1. The lowest BCUT2D eigenvalue weighted by atomic mass is 10.1. The molecule has 104 valence electrons. The second-order valence-corrected chi connectivity index (χ2v) is 4.65. The molecule has 1 atom stereocenters. The van der Waals surface area contributed by atoms with Crippen molar-refractivity contribution in [1.82, 2.24) is 5.32 Å². The summed E-state index contributed by atoms with van der Waals surface area (Å²) in [7, 11) is 0. The summed E-state index contributed by atoms with van der Waals surface area (Å²) in [5.41, 5.74) is 1.10. The summed E-state index contributed by atoms with van der Waals surface area (Å²) in [5.74, 6) is -0.375. The zero-order valence-electron chi connectivity index (χ0n) is 10.7. The fourth-order valence-electron chi connectivity index (χ4n) is 1.71. The molecule has 0 saturated carbocycles. The Morgan fingerprint density at radius 1 is 1.10 bits per heavy atom. The van der Waals surface area contributed by atoms with Gasteiger partial charge in [0.2, 0.25) is 0 Å². The van der Waals surface area contributed by atoms with Crippen LogP contribution >= 0.6 is 12.2 Å². The molecule has 3 nitrogen and oxygen atoms in total. The van der Waals surface area contributed by atoms with E-state index in [0.717, 1.165) is 5.56 Å². The fraction of sp³-hybridized carbons (Fsp3) is 0.133. The van der Waals surface area contributed by atoms with Gasteiger partial charge in [-0.1, -0.05) is 42.5 Å². The summed E-state index contributed by atoms with van der Waals surface area (Å²) >= 11 is 5.06. The molecule has 3 N–H and O–H groups in total. The Morgan fingerprint density at radius 3 is 2.45 bits per heavy atom. The van der Waals surface area contributed by atoms with Crippen molar-refractivity contribution >= 4 is 23.0 Å². The van der Waals surface area contributed by atoms with Crippen molar-refractivity contribution < 1.29 is 9.50 Å². The molecule has 0 saturated heterocycles. The topological polar surface area (TPSA) is 44.3 Å². The highest BCUT2D eigenvalue weighted by Crippen LogP contribution is 2.13. The molecule has 0 aliphatic rings. The van der Waals surface area contributed by atoms with Crippen molar-refractivity contribution in [3.8, 4) is 0 Å². The molecule has 0 bridgehead atoms. The number of thiocarbonyl (C=S) groups is 1. The lowest BCUT2D eigenvalue weighted by Gasteiger charge is -2.15. The van der Waals surface area contributed by atoms with Gasteiger partial charge in [0.25, 0.3) is 0 Å². The van der Waals surface area contributed by atoms with E-state index in [0.29, 0.717) is 5.69 Å². The minimum atomic E-state index is -0.670. The maximum atomic E-state index is 13.4. The molecular formula is C15H15FN2OS. The molecule has 0 heterocycles. The Hall–Kier alpha value is -1.98. The van der Waals surface area contributed by atoms with E-state index >= 15 is 0 Å². The van der Waals surface area contributed by atoms with Crippen LogP contribution < -0.4 is 10.6 Å². The summed E-state index contributed by atoms with van der Waals surface area (Å²) in [6.07, 6.45) is -0.670. The van der Waals surface area contributed by atoms with Crippen molar-refractivity contribution in [1.29, 1.82) is 0 Å². The van der Waals surface area contributed by atoms with Gasteiger partial charge in [-0.05, 0) is 29.9 Å². The Bertz CT molecular complexity index is 577. The van der Waals surface area contributed by atoms with Crippen LogP contribution in [-0.4, -0.2) is 16.8 Å². The minimum Gasteiger partial charge on any atom is -0.387 e. The van der Waals surface area contributed by atoms with Gasteiger partial charge in [-0.2, -0.15) is 0 Å². The number of nitrogens with one attached hydrogen (secondary N) is 2. The number of halogens is 1. The van der Waals surface area contributed by atoms with Crippen molar-refractivity contribution in [2.75, 3.05) is 11.9 Å². The van der Waals surface area contributed by atoms with E-state index in [-0.39, 0.29) is 17.5 Å². The van der Waals surface area contributed by atoms with E-state index in [1.807, 2.05) is 30.3 Å². The van der Waals surface area contributed by atoms with Gasteiger partial charge < -0.3 is 15.7 Å². The zero-order chi connectivity index (χ0) is 14.4. The first kappa shape index (κ1) is 14.4. The van der Waals surface area contributed by atoms with Gasteiger partial charge in [0.15, 0.2) is 5.11 Å². The highest BCUT2D eigenvalue weighted by atomic mass is 32.1. The van der Waals surface area contributed by atoms with E-state index < -0.39 is 6.10 Å². The smallest absolute Gasteiger partial charge is 0.170 e. The molecule has 0 fully saturated rings. The van der Waals surface area contributed by atoms with Crippen LogP contribution in [0.25, 0.3) is 0 Å². The van der Waals surface area contributed by atoms with Crippen molar-refractivity contribution in [3.05, 3.63) is 66.0 Å². The molecule has 2 rings (SSSR count). The predicted molar refractivity (Wildman–Crippen MR) is 82.0 cm³/mol. The zero-order valence-corrected chi connectivity index (χ0v) is 11.5. The largest absolute Gasteiger partial charge is 0.387 e. The molecule has 0 aliphatic carbocycles. The number of hydrogen-bond donors (Lipinski definition) is 3. The second kappa shape index (κ2) is 6.98. The first-order valence-electron chi connectivity index (χ1n) is 6.19. The van der Waals surface area contributed by atoms with E-state index in [4.69, 9.17) is 12.2 Å². The minimum absolute atomic E-state index is 0.254. The summed E-state index contributed by atoms with van der Waals surface area (Å²) < 4.78 is 13.4. The van der Waals surface area contributed by atoms with Crippen LogP contribution in [0.5, 0.6) is 0 Å². The van der Waals surface area contributed by atoms with Gasteiger partial charge in [0.05, 0.1) is 11.8 Å². The number of para-hydroxylation sites is 1. The Labute approximate surface area is 122 Å². The SMILES string of the molecule is O[C@@H](CNC(=S)Nc1ccccc1F)c1ccccc1. The molecule has 0 aliphatic heterocycles. The number of rotatable bonds is 4. The summed E-state index contributed by atoms with van der Waals surface area (Å²) in [5, 5.41) is 15.8. The van der Waals surface area contributed by atoms with Crippen molar-refractivity contribution in [2.45, 2.75) is 6.10 Å². The fourth-order valence-corrected chi connectivity index (χ4v) is 1.90. The third-order valence-electron chi connectivity index (χ3n) is 2.76. The van der Waals surface area contributed by atoms with E-state index in [1.54, 1.807) is 18.2 Å². The summed E-state index contributed by atoms with van der Waals surface area (Å²) in [6, 6.07) is 15.5. The predicted octanol–water partition coefficient (Wildman–Crippen LogP) is 2.85. The van der Waals surface area contributed by atoms with Crippen LogP contribution in [0.15, 0.2) is 54.6 Å². The molecule has 0 spiro atoms. The molecule has 0 aromatic heterocycles. The van der Waals surface area contributed by atoms with Crippen LogP contribution in [0, 0.1) is 5.82 Å². The van der Waals surface area contributed by atoms with Gasteiger partial charge >= 0.3 is 0 Å². The molecule has 20 heavy (non-hydrogen) atoms. The quantitative estimate of drug-likeness (QED) is 0.758. The molecule has 0 radical (unpaired) electrons. The Kier molecular flexibility index (Phi) is 5.03. The third kappa shape index (κ3) is 4.01. The Morgan fingerprint density at radius 2 is 1.75 bits per heavy atom. The first-order chi connectivity index (χ1) is 9.66. The van der Waals surface area contributed by atoms with E-state index in [2.05, 4.69) is 10.6 Å². The maximum Gasteiger partial charge on any atom is 0.170 e. The highest BCUT2D eigenvalue weighted by Gasteiger charge is 2.08. The van der Waals surface area contributed by atoms with E-state index in [1.165, 1.54) is 6.07 Å². The monoisotopic (exact) mass is 290 g/mol. The van der Waals surface area contributed by atoms with Gasteiger partial charge in [-0.3, -0.25) is 0 Å². The van der Waals surface area contributed by atoms with Gasteiger partial charge in [0.1, 0.15) is 5.82 Å². The number of benzene rings is 2. The number of hydrogen-bond acceptors (Lipinski definition) is 2. The molecule has 5 heteroatoms. The highest BCUT2D eigenvalue weighted by molar-refractivity contribution is 7.80. The van der Waals surface area contributed by atoms with E-state index in [9.17, 15) is 9.50 Å². The van der Waals surface area contributed by atoms with Crippen LogP contribution in [0.2, 0.25) is 0 Å². The molecule has 0 unspecified atom stereocenters. The van der Waals surface area contributed by atoms with Crippen LogP contribution in [0.4, 0.5) is 10.1 Å². The average molecular weight is 290 g/mol. The number of aliphatic hydroxyl groups is 1. The summed E-state index contributed by atoms with van der Waals surface area (Å²) in [6.45, 7) is 0.254. The second-order valence-electron chi connectivity index (χ2n) is 4.24. The Balaban J connectivity index is 1.85. The first-order valence-corrected chi connectivity index (χ1v) is 6.60. The van der Waals surface area contributed by atoms with Crippen molar-refractivity contribution in [3.63, 3.8) is 0 Å².